The molecule has 1 aromatic carbocycles. The number of methoxy groups -OCH3 is 5. The number of hydrogen-bond donors (Lipinski definition) is 0. The highest BCUT2D eigenvalue weighted by atomic mass is 32.2. The van der Waals surface area contributed by atoms with Crippen LogP contribution in [0.1, 0.15) is 11.5 Å². The molecule has 0 aliphatic heterocycles. The van der Waals surface area contributed by atoms with Crippen molar-refractivity contribution < 1.29 is 59.0 Å². The molecule has 4 rings (SSSR count). The fourth-order valence-corrected chi connectivity index (χ4v) is 5.78. The Hall–Kier alpha value is -3.10. The van der Waals surface area contributed by atoms with E-state index < -0.39 is 63.4 Å². The number of hydrogen-bond acceptors (Lipinski definition) is 10. The van der Waals surface area contributed by atoms with Gasteiger partial charge in [0.2, 0.25) is 0 Å². The Morgan fingerprint density at radius 2 is 1.58 bits per heavy atom. The number of rotatable bonds is 9. The molecule has 0 heterocycles. The zero-order chi connectivity index (χ0) is 28.4. The predicted octanol–water partition coefficient (Wildman–Crippen LogP) is 2.74. The van der Waals surface area contributed by atoms with E-state index >= 15 is 0 Å². The molecule has 0 radical (unpaired) electrons. The van der Waals surface area contributed by atoms with Crippen molar-refractivity contribution in [1.82, 2.24) is 0 Å². The van der Waals surface area contributed by atoms with Crippen molar-refractivity contribution in [2.24, 2.45) is 17.8 Å². The number of ether oxygens (including phenoxy) is 5. The Morgan fingerprint density at radius 3 is 2.11 bits per heavy atom. The van der Waals surface area contributed by atoms with Gasteiger partial charge in [-0.2, -0.15) is 21.6 Å². The third kappa shape index (κ3) is 5.38. The number of carbonyl (C=O) groups excluding carboxylic acids is 2. The first-order valence-electron chi connectivity index (χ1n) is 11.1. The summed E-state index contributed by atoms with van der Waals surface area (Å²) in [4.78, 5) is 24.9. The second-order valence-electron chi connectivity index (χ2n) is 8.48. The van der Waals surface area contributed by atoms with E-state index in [2.05, 4.69) is 4.74 Å². The summed E-state index contributed by atoms with van der Waals surface area (Å²) in [5, 5.41) is 0. The minimum Gasteiger partial charge on any atom is -0.493 e. The number of allylic oxidation sites excluding steroid dienone is 1. The molecule has 1 saturated carbocycles. The molecule has 0 amide bonds. The van der Waals surface area contributed by atoms with Crippen LogP contribution in [0.25, 0.3) is 0 Å². The summed E-state index contributed by atoms with van der Waals surface area (Å²) in [6, 6.07) is 4.66. The van der Waals surface area contributed by atoms with E-state index in [-0.39, 0.29) is 5.75 Å². The molecule has 6 unspecified atom stereocenters. The average molecular weight is 565 g/mol. The van der Waals surface area contributed by atoms with Gasteiger partial charge in [0.25, 0.3) is 0 Å². The Balaban J connectivity index is 2.26. The van der Waals surface area contributed by atoms with Gasteiger partial charge >= 0.3 is 27.6 Å². The maximum atomic E-state index is 13.3. The molecular weight excluding hydrogens is 537 g/mol. The second kappa shape index (κ2) is 11.3. The van der Waals surface area contributed by atoms with Crippen molar-refractivity contribution in [3.63, 3.8) is 0 Å². The monoisotopic (exact) mass is 564 g/mol. The Bertz CT molecular complexity index is 1220. The lowest BCUT2D eigenvalue weighted by molar-refractivity contribution is -0.162. The molecule has 0 aromatic heterocycles. The van der Waals surface area contributed by atoms with Crippen LogP contribution in [0.5, 0.6) is 11.5 Å². The van der Waals surface area contributed by atoms with Gasteiger partial charge < -0.3 is 23.7 Å². The van der Waals surface area contributed by atoms with Crippen LogP contribution in [0.4, 0.5) is 13.2 Å². The van der Waals surface area contributed by atoms with Gasteiger partial charge in [0.05, 0.1) is 40.5 Å². The molecule has 14 heteroatoms. The Kier molecular flexibility index (Phi) is 8.79. The molecule has 6 atom stereocenters. The van der Waals surface area contributed by atoms with Gasteiger partial charge in [0, 0.05) is 30.9 Å². The highest BCUT2D eigenvalue weighted by Crippen LogP contribution is 2.56. The second-order valence-corrected chi connectivity index (χ2v) is 10.0. The average Bonchev–Trinajstić information content (AvgIpc) is 2.89. The molecule has 0 spiro atoms. The number of benzene rings is 1. The third-order valence-corrected chi connectivity index (χ3v) is 7.73. The maximum Gasteiger partial charge on any atom is 0.523 e. The van der Waals surface area contributed by atoms with E-state index in [9.17, 15) is 31.2 Å². The number of carbonyl (C=O) groups is 2. The van der Waals surface area contributed by atoms with E-state index in [0.717, 1.165) is 27.4 Å². The van der Waals surface area contributed by atoms with E-state index in [1.165, 1.54) is 32.4 Å². The molecule has 1 fully saturated rings. The molecule has 3 aliphatic rings. The summed E-state index contributed by atoms with van der Waals surface area (Å²) in [7, 11) is 0.205. The lowest BCUT2D eigenvalue weighted by Crippen LogP contribution is -2.59. The van der Waals surface area contributed by atoms with Gasteiger partial charge in [0.1, 0.15) is 6.10 Å². The van der Waals surface area contributed by atoms with Gasteiger partial charge in [0.15, 0.2) is 11.5 Å². The number of halogens is 3. The quantitative estimate of drug-likeness (QED) is 0.191. The van der Waals surface area contributed by atoms with Gasteiger partial charge in [-0.15, -0.1) is 0 Å². The highest BCUT2D eigenvalue weighted by molar-refractivity contribution is 7.87. The van der Waals surface area contributed by atoms with Gasteiger partial charge in [-0.05, 0) is 23.3 Å². The van der Waals surface area contributed by atoms with E-state index in [1.807, 2.05) is 0 Å². The van der Waals surface area contributed by atoms with Crippen LogP contribution in [0.2, 0.25) is 0 Å². The van der Waals surface area contributed by atoms with E-state index in [4.69, 9.17) is 23.1 Å². The lowest BCUT2D eigenvalue weighted by atomic mass is 9.55. The number of alkyl halides is 3. The van der Waals surface area contributed by atoms with Crippen LogP contribution in [-0.2, 0) is 38.1 Å². The smallest absolute Gasteiger partial charge is 0.493 e. The first-order chi connectivity index (χ1) is 17.8. The van der Waals surface area contributed by atoms with Crippen LogP contribution < -0.4 is 9.47 Å². The fourth-order valence-electron chi connectivity index (χ4n) is 5.14. The first kappa shape index (κ1) is 29.5. The summed E-state index contributed by atoms with van der Waals surface area (Å²) in [5.74, 6) is -5.03. The minimum atomic E-state index is -6.04. The number of esters is 2. The van der Waals surface area contributed by atoms with Crippen molar-refractivity contribution in [1.29, 1.82) is 0 Å². The molecule has 2 bridgehead atoms. The summed E-state index contributed by atoms with van der Waals surface area (Å²) >= 11 is 0. The van der Waals surface area contributed by atoms with Gasteiger partial charge in [-0.25, -0.2) is 4.79 Å². The summed E-state index contributed by atoms with van der Waals surface area (Å²) in [6.45, 7) is 0. The number of fused-ring (bicyclic) bond motifs is 2. The maximum absolute atomic E-state index is 13.3. The van der Waals surface area contributed by atoms with Gasteiger partial charge in [-0.1, -0.05) is 18.2 Å². The summed E-state index contributed by atoms with van der Waals surface area (Å²) in [5.41, 5.74) is -4.93. The van der Waals surface area contributed by atoms with Crippen LogP contribution >= 0.6 is 0 Å². The standard InChI is InChI=1S/C24H27F3O10S/c1-32-15-8-6-13(11-16(15)33-2)18-14-10-12(7-9-17(28)34-3)19(20(18)23(29)36-5)22(35-4)21(14)37-38(30,31)24(25,26)27/h6-11,14,18-22H,1-5H3/b9-7+. The minimum absolute atomic E-state index is 0.272. The third-order valence-electron chi connectivity index (χ3n) is 6.69. The molecule has 0 saturated heterocycles. The highest BCUT2D eigenvalue weighted by Gasteiger charge is 2.61. The lowest BCUT2D eigenvalue weighted by Gasteiger charge is -2.53. The Morgan fingerprint density at radius 1 is 0.921 bits per heavy atom. The first-order valence-corrected chi connectivity index (χ1v) is 12.6. The SMILES string of the molecule is COC(=O)/C=C/C1=CC2C(OS(=O)(=O)C(F)(F)F)C(OC)C1C(C(=O)OC)C2c1ccc(OC)c(OC)c1. The largest absolute Gasteiger partial charge is 0.523 e. The van der Waals surface area contributed by atoms with Gasteiger partial charge in [-0.3, -0.25) is 8.98 Å². The van der Waals surface area contributed by atoms with Crippen molar-refractivity contribution in [2.75, 3.05) is 35.5 Å². The topological polar surface area (TPSA) is 124 Å². The molecule has 3 aliphatic carbocycles. The van der Waals surface area contributed by atoms with Crippen molar-refractivity contribution in [3.8, 4) is 11.5 Å². The van der Waals surface area contributed by atoms with E-state index in [0.29, 0.717) is 16.9 Å². The zero-order valence-electron chi connectivity index (χ0n) is 21.1. The fraction of sp³-hybridized carbons (Fsp3) is 0.500. The van der Waals surface area contributed by atoms with Crippen molar-refractivity contribution in [2.45, 2.75) is 23.6 Å². The van der Waals surface area contributed by atoms with Crippen LogP contribution in [0.3, 0.4) is 0 Å². The van der Waals surface area contributed by atoms with E-state index in [1.54, 1.807) is 12.1 Å². The van der Waals surface area contributed by atoms with Crippen LogP contribution in [-0.4, -0.2) is 73.6 Å². The predicted molar refractivity (Wildman–Crippen MR) is 125 cm³/mol. The zero-order valence-corrected chi connectivity index (χ0v) is 21.9. The molecular formula is C24H27F3O10S. The molecule has 0 N–H and O–H groups in total. The normalized spacial score (nSPS) is 27.1. The molecule has 1 aromatic rings. The van der Waals surface area contributed by atoms with Crippen LogP contribution in [0, 0.1) is 17.8 Å². The van der Waals surface area contributed by atoms with Crippen LogP contribution in [0.15, 0.2) is 42.0 Å². The Labute approximate surface area is 217 Å². The molecule has 38 heavy (non-hydrogen) atoms. The van der Waals surface area contributed by atoms with Crippen molar-refractivity contribution in [3.05, 3.63) is 47.6 Å². The summed E-state index contributed by atoms with van der Waals surface area (Å²) < 4.78 is 94.5. The molecule has 210 valence electrons. The summed E-state index contributed by atoms with van der Waals surface area (Å²) in [6.07, 6.45) is 0.870. The molecule has 10 nitrogen and oxygen atoms in total. The van der Waals surface area contributed by atoms with Crippen molar-refractivity contribution >= 4 is 22.1 Å².